The molecule has 4 rings (SSSR count). The number of hydrogen-bond donors (Lipinski definition) is 2. The lowest BCUT2D eigenvalue weighted by atomic mass is 9.93. The Kier molecular flexibility index (Phi) is 4.97. The zero-order valence-corrected chi connectivity index (χ0v) is 17.9. The molecular weight excluding hydrogens is 439 g/mol. The van der Waals surface area contributed by atoms with E-state index in [1.807, 2.05) is 6.07 Å². The van der Waals surface area contributed by atoms with Crippen LogP contribution in [-0.2, 0) is 20.2 Å². The van der Waals surface area contributed by atoms with Crippen LogP contribution in [-0.4, -0.2) is 25.0 Å². The zero-order chi connectivity index (χ0) is 22.4. The van der Waals surface area contributed by atoms with Crippen molar-refractivity contribution in [2.75, 3.05) is 0 Å². The van der Waals surface area contributed by atoms with E-state index < -0.39 is 32.8 Å². The number of carbonyl (C=O) groups is 1. The van der Waals surface area contributed by atoms with Gasteiger partial charge in [-0.15, -0.1) is 11.3 Å². The van der Waals surface area contributed by atoms with Gasteiger partial charge in [0.25, 0.3) is 10.0 Å². The number of nitriles is 1. The molecule has 1 aliphatic rings. The highest BCUT2D eigenvalue weighted by atomic mass is 32.2. The lowest BCUT2D eigenvalue weighted by Gasteiger charge is -2.20. The molecular formula is C22H17FN2O4S2. The molecule has 3 aromatic rings. The third-order valence-corrected chi connectivity index (χ3v) is 8.86. The molecule has 31 heavy (non-hydrogen) atoms. The molecule has 1 unspecified atom stereocenters. The zero-order valence-electron chi connectivity index (χ0n) is 16.3. The van der Waals surface area contributed by atoms with Crippen molar-refractivity contribution in [3.8, 4) is 16.5 Å². The summed E-state index contributed by atoms with van der Waals surface area (Å²) in [5, 5.41) is 18.9. The number of hydrogen-bond acceptors (Lipinski definition) is 5. The van der Waals surface area contributed by atoms with Crippen LogP contribution in [0.25, 0.3) is 10.4 Å². The van der Waals surface area contributed by atoms with E-state index in [-0.39, 0.29) is 16.2 Å². The second-order valence-electron chi connectivity index (χ2n) is 7.62. The van der Waals surface area contributed by atoms with Gasteiger partial charge in [-0.3, -0.25) is 4.79 Å². The third kappa shape index (κ3) is 3.43. The van der Waals surface area contributed by atoms with Crippen molar-refractivity contribution in [2.45, 2.75) is 28.5 Å². The van der Waals surface area contributed by atoms with Gasteiger partial charge in [-0.2, -0.15) is 9.98 Å². The van der Waals surface area contributed by atoms with Crippen LogP contribution in [0, 0.1) is 17.1 Å². The van der Waals surface area contributed by atoms with Crippen LogP contribution in [0.2, 0.25) is 0 Å². The molecule has 0 radical (unpaired) electrons. The summed E-state index contributed by atoms with van der Waals surface area (Å²) in [6.07, 6.45) is 0.125. The minimum atomic E-state index is -4.14. The third-order valence-electron chi connectivity index (χ3n) is 5.74. The molecule has 2 N–H and O–H groups in total. The number of sulfonamides is 1. The van der Waals surface area contributed by atoms with Gasteiger partial charge in [0.1, 0.15) is 21.6 Å². The normalized spacial score (nSPS) is 22.6. The number of nitrogens with zero attached hydrogens (tertiary/aromatic N) is 1. The Morgan fingerprint density at radius 2 is 1.90 bits per heavy atom. The monoisotopic (exact) mass is 456 g/mol. The van der Waals surface area contributed by atoms with Crippen LogP contribution in [0.15, 0.2) is 64.9 Å². The summed E-state index contributed by atoms with van der Waals surface area (Å²) >= 11 is 0.919. The predicted molar refractivity (Wildman–Crippen MR) is 114 cm³/mol. The molecule has 2 aromatic carbocycles. The van der Waals surface area contributed by atoms with E-state index in [4.69, 9.17) is 5.26 Å². The van der Waals surface area contributed by atoms with Gasteiger partial charge < -0.3 is 5.11 Å². The smallest absolute Gasteiger partial charge is 0.325 e. The minimum Gasteiger partial charge on any atom is -0.480 e. The molecule has 0 bridgehead atoms. The van der Waals surface area contributed by atoms with Gasteiger partial charge in [0.2, 0.25) is 0 Å². The summed E-state index contributed by atoms with van der Waals surface area (Å²) in [7, 11) is -4.14. The molecule has 1 saturated carbocycles. The summed E-state index contributed by atoms with van der Waals surface area (Å²) in [5.74, 6) is -1.90. The topological polar surface area (TPSA) is 107 Å². The molecule has 1 aliphatic carbocycles. The molecule has 0 saturated heterocycles. The summed E-state index contributed by atoms with van der Waals surface area (Å²) in [6.45, 7) is 1.72. The fourth-order valence-electron chi connectivity index (χ4n) is 3.81. The van der Waals surface area contributed by atoms with Gasteiger partial charge in [-0.05, 0) is 41.8 Å². The Morgan fingerprint density at radius 1 is 1.19 bits per heavy atom. The van der Waals surface area contributed by atoms with Crippen LogP contribution < -0.4 is 4.72 Å². The highest BCUT2D eigenvalue weighted by molar-refractivity contribution is 7.91. The first kappa shape index (κ1) is 21.2. The van der Waals surface area contributed by atoms with Crippen molar-refractivity contribution in [2.24, 2.45) is 0 Å². The molecule has 0 amide bonds. The summed E-state index contributed by atoms with van der Waals surface area (Å²) in [5.41, 5.74) is -1.44. The van der Waals surface area contributed by atoms with Crippen molar-refractivity contribution < 1.29 is 22.7 Å². The first-order valence-electron chi connectivity index (χ1n) is 9.26. The second kappa shape index (κ2) is 7.27. The van der Waals surface area contributed by atoms with Crippen molar-refractivity contribution >= 4 is 27.3 Å². The standard InChI is InChI=1S/C22H17FN2O4S2/c1-21(16-5-3-2-4-6-16)13-22(21,20(26)27)25-31(28,29)19-10-9-18(30-19)14-7-8-17(23)15(11-14)12-24/h2-11,25H,13H2,1H3,(H,26,27)/t21?,22-/m1/s1. The molecule has 1 fully saturated rings. The number of thiophene rings is 1. The van der Waals surface area contributed by atoms with Crippen molar-refractivity contribution in [1.29, 1.82) is 5.26 Å². The Morgan fingerprint density at radius 3 is 2.55 bits per heavy atom. The highest BCUT2D eigenvalue weighted by Crippen LogP contribution is 2.58. The quantitative estimate of drug-likeness (QED) is 0.585. The summed E-state index contributed by atoms with van der Waals surface area (Å²) in [4.78, 5) is 12.6. The summed E-state index contributed by atoms with van der Waals surface area (Å²) in [6, 6.07) is 17.6. The molecule has 6 nitrogen and oxygen atoms in total. The van der Waals surface area contributed by atoms with Crippen LogP contribution >= 0.6 is 11.3 Å². The van der Waals surface area contributed by atoms with E-state index in [1.54, 1.807) is 43.3 Å². The molecule has 0 aliphatic heterocycles. The minimum absolute atomic E-state index is 0.0618. The molecule has 158 valence electrons. The first-order chi connectivity index (χ1) is 14.6. The molecule has 0 spiro atoms. The molecule has 1 heterocycles. The Bertz CT molecular complexity index is 1330. The second-order valence-corrected chi connectivity index (χ2v) is 10.6. The summed E-state index contributed by atoms with van der Waals surface area (Å²) < 4.78 is 42.0. The number of benzene rings is 2. The van der Waals surface area contributed by atoms with Crippen molar-refractivity contribution in [1.82, 2.24) is 4.72 Å². The largest absolute Gasteiger partial charge is 0.480 e. The SMILES string of the molecule is CC1(c2ccccc2)C[C@@]1(NS(=O)(=O)c1ccc(-c2ccc(F)c(C#N)c2)s1)C(=O)O. The number of rotatable bonds is 6. The van der Waals surface area contributed by atoms with E-state index in [0.717, 1.165) is 23.0 Å². The van der Waals surface area contributed by atoms with Crippen molar-refractivity contribution in [3.63, 3.8) is 0 Å². The maximum absolute atomic E-state index is 13.6. The number of carboxylic acids is 1. The Balaban J connectivity index is 1.66. The van der Waals surface area contributed by atoms with Crippen molar-refractivity contribution in [3.05, 3.63) is 77.6 Å². The van der Waals surface area contributed by atoms with E-state index in [0.29, 0.717) is 10.4 Å². The van der Waals surface area contributed by atoms with Gasteiger partial charge in [0.15, 0.2) is 0 Å². The average Bonchev–Trinajstić information content (AvgIpc) is 3.11. The van der Waals surface area contributed by atoms with E-state index in [9.17, 15) is 22.7 Å². The maximum atomic E-state index is 13.6. The van der Waals surface area contributed by atoms with E-state index in [2.05, 4.69) is 4.72 Å². The number of nitrogens with one attached hydrogen (secondary N) is 1. The fourth-order valence-corrected chi connectivity index (χ4v) is 6.57. The van der Waals surface area contributed by atoms with Gasteiger partial charge >= 0.3 is 5.97 Å². The average molecular weight is 457 g/mol. The maximum Gasteiger partial charge on any atom is 0.325 e. The number of aliphatic carboxylic acids is 1. The lowest BCUT2D eigenvalue weighted by Crippen LogP contribution is -2.47. The van der Waals surface area contributed by atoms with Gasteiger partial charge in [0, 0.05) is 10.3 Å². The molecule has 2 atom stereocenters. The Labute approximate surface area is 182 Å². The van der Waals surface area contributed by atoms with E-state index >= 15 is 0 Å². The van der Waals surface area contributed by atoms with Crippen LogP contribution in [0.3, 0.4) is 0 Å². The van der Waals surface area contributed by atoms with Gasteiger partial charge in [-0.25, -0.2) is 12.8 Å². The first-order valence-corrected chi connectivity index (χ1v) is 11.6. The molecule has 1 aromatic heterocycles. The van der Waals surface area contributed by atoms with Gasteiger partial charge in [0.05, 0.1) is 5.56 Å². The van der Waals surface area contributed by atoms with E-state index in [1.165, 1.54) is 18.2 Å². The van der Waals surface area contributed by atoms with Crippen LogP contribution in [0.1, 0.15) is 24.5 Å². The van der Waals surface area contributed by atoms with Gasteiger partial charge in [-0.1, -0.05) is 43.3 Å². The lowest BCUT2D eigenvalue weighted by molar-refractivity contribution is -0.140. The van der Waals surface area contributed by atoms with Crippen LogP contribution in [0.5, 0.6) is 0 Å². The highest BCUT2D eigenvalue weighted by Gasteiger charge is 2.72. The predicted octanol–water partition coefficient (Wildman–Crippen LogP) is 3.89. The molecule has 9 heteroatoms. The number of carboxylic acid groups (broad SMARTS) is 1. The van der Waals surface area contributed by atoms with Crippen LogP contribution in [0.4, 0.5) is 4.39 Å². The Hall–Kier alpha value is -3.06. The number of halogens is 1. The fraction of sp³-hybridized carbons (Fsp3) is 0.182.